The first-order chi connectivity index (χ1) is 12.1. The summed E-state index contributed by atoms with van der Waals surface area (Å²) >= 11 is 1.43. The lowest BCUT2D eigenvalue weighted by molar-refractivity contribution is -0.122. The van der Waals surface area contributed by atoms with E-state index in [0.717, 1.165) is 17.8 Å². The van der Waals surface area contributed by atoms with Crippen molar-refractivity contribution in [1.82, 2.24) is 10.3 Å². The molecule has 1 heterocycles. The van der Waals surface area contributed by atoms with Crippen molar-refractivity contribution in [2.45, 2.75) is 51.5 Å². The van der Waals surface area contributed by atoms with Crippen LogP contribution in [0.1, 0.15) is 45.4 Å². The largest absolute Gasteiger partial charge is 0.348 e. The summed E-state index contributed by atoms with van der Waals surface area (Å²) in [4.78, 5) is 16.7. The fourth-order valence-corrected chi connectivity index (χ4v) is 6.21. The molecule has 5 nitrogen and oxygen atoms in total. The molecule has 6 heteroatoms. The van der Waals surface area contributed by atoms with Crippen molar-refractivity contribution in [2.24, 2.45) is 23.2 Å². The maximum atomic E-state index is 12.6. The van der Waals surface area contributed by atoms with Crippen LogP contribution in [0.15, 0.2) is 23.3 Å². The third kappa shape index (κ3) is 3.18. The average molecular weight is 356 g/mol. The Morgan fingerprint density at radius 2 is 2.00 bits per heavy atom. The van der Waals surface area contributed by atoms with Crippen LogP contribution in [0.3, 0.4) is 0 Å². The molecule has 132 valence electrons. The molecule has 4 bridgehead atoms. The zero-order valence-corrected chi connectivity index (χ0v) is 15.3. The highest BCUT2D eigenvalue weighted by molar-refractivity contribution is 7.13. The highest BCUT2D eigenvalue weighted by Crippen LogP contribution is 2.61. The van der Waals surface area contributed by atoms with Crippen LogP contribution < -0.4 is 10.6 Å². The molecule has 0 radical (unpaired) electrons. The van der Waals surface area contributed by atoms with Crippen molar-refractivity contribution in [3.05, 3.63) is 23.3 Å². The van der Waals surface area contributed by atoms with E-state index in [9.17, 15) is 10.1 Å². The van der Waals surface area contributed by atoms with Gasteiger partial charge in [0.1, 0.15) is 11.6 Å². The Labute approximate surface area is 152 Å². The monoisotopic (exact) mass is 356 g/mol. The second-order valence-corrected chi connectivity index (χ2v) is 9.02. The number of aromatic nitrogens is 1. The van der Waals surface area contributed by atoms with Crippen LogP contribution in [-0.4, -0.2) is 16.9 Å². The third-order valence-corrected chi connectivity index (χ3v) is 7.19. The van der Waals surface area contributed by atoms with Crippen LogP contribution in [0, 0.1) is 34.5 Å². The zero-order valence-electron chi connectivity index (χ0n) is 14.5. The second kappa shape index (κ2) is 6.45. The molecule has 4 fully saturated rings. The van der Waals surface area contributed by atoms with Crippen LogP contribution >= 0.6 is 11.3 Å². The van der Waals surface area contributed by atoms with Crippen molar-refractivity contribution < 1.29 is 4.79 Å². The zero-order chi connectivity index (χ0) is 17.4. The molecule has 1 aromatic rings. The molecule has 1 atom stereocenters. The average Bonchev–Trinajstić information content (AvgIpc) is 3.07. The highest BCUT2D eigenvalue weighted by Gasteiger charge is 2.53. The first kappa shape index (κ1) is 16.6. The molecule has 25 heavy (non-hydrogen) atoms. The summed E-state index contributed by atoms with van der Waals surface area (Å²) in [5.74, 6) is 2.27. The van der Waals surface area contributed by atoms with Gasteiger partial charge < -0.3 is 10.6 Å². The predicted molar refractivity (Wildman–Crippen MR) is 97.6 cm³/mol. The fraction of sp³-hybridized carbons (Fsp3) is 0.632. The minimum atomic E-state index is -0.283. The van der Waals surface area contributed by atoms with Gasteiger partial charge in [0.05, 0.1) is 0 Å². The minimum Gasteiger partial charge on any atom is -0.348 e. The Morgan fingerprint density at radius 1 is 1.36 bits per heavy atom. The quantitative estimate of drug-likeness (QED) is 0.623. The normalized spacial score (nSPS) is 34.4. The number of nitrogens with one attached hydrogen (secondary N) is 2. The summed E-state index contributed by atoms with van der Waals surface area (Å²) in [6.07, 6.45) is 11.0. The van der Waals surface area contributed by atoms with Crippen LogP contribution in [0.25, 0.3) is 0 Å². The van der Waals surface area contributed by atoms with Gasteiger partial charge >= 0.3 is 0 Å². The van der Waals surface area contributed by atoms with Crippen LogP contribution in [-0.2, 0) is 4.79 Å². The number of hydrogen-bond acceptors (Lipinski definition) is 5. The van der Waals surface area contributed by atoms with Gasteiger partial charge in [-0.1, -0.05) is 0 Å². The number of amides is 1. The maximum absolute atomic E-state index is 12.6. The van der Waals surface area contributed by atoms with Gasteiger partial charge in [0, 0.05) is 23.8 Å². The van der Waals surface area contributed by atoms with E-state index < -0.39 is 0 Å². The number of nitriles is 1. The van der Waals surface area contributed by atoms with Gasteiger partial charge in [0.25, 0.3) is 5.91 Å². The van der Waals surface area contributed by atoms with E-state index in [2.05, 4.69) is 22.5 Å². The summed E-state index contributed by atoms with van der Waals surface area (Å²) in [6, 6.07) is 2.12. The van der Waals surface area contributed by atoms with Gasteiger partial charge in [-0.05, 0) is 68.6 Å². The first-order valence-corrected chi connectivity index (χ1v) is 10.0. The standard InChI is InChI=1S/C19H24N4OS/c1-12(19-7-13-4-14(8-19)6-15(5-13)9-19)23-17(24)16(10-20)11-22-18-21-2-3-25-18/h2-3,11-15H,4-9H2,1H3,(H,21,22)(H,23,24)/b16-11-. The molecule has 0 saturated heterocycles. The van der Waals surface area contributed by atoms with Gasteiger partial charge in [0.15, 0.2) is 5.13 Å². The van der Waals surface area contributed by atoms with Crippen LogP contribution in [0.5, 0.6) is 0 Å². The Hall–Kier alpha value is -1.87. The van der Waals surface area contributed by atoms with E-state index >= 15 is 0 Å². The van der Waals surface area contributed by atoms with E-state index in [1.54, 1.807) is 6.20 Å². The van der Waals surface area contributed by atoms with Gasteiger partial charge in [-0.25, -0.2) is 4.98 Å². The summed E-state index contributed by atoms with van der Waals surface area (Å²) in [7, 11) is 0. The number of rotatable bonds is 5. The smallest absolute Gasteiger partial charge is 0.263 e. The van der Waals surface area contributed by atoms with E-state index in [1.165, 1.54) is 56.1 Å². The third-order valence-electron chi connectivity index (χ3n) is 6.49. The molecule has 4 saturated carbocycles. The van der Waals surface area contributed by atoms with E-state index in [0.29, 0.717) is 5.13 Å². The number of thiazole rings is 1. The second-order valence-electron chi connectivity index (χ2n) is 8.13. The molecule has 1 unspecified atom stereocenters. The summed E-state index contributed by atoms with van der Waals surface area (Å²) in [5, 5.41) is 17.9. The van der Waals surface area contributed by atoms with Gasteiger partial charge in [-0.3, -0.25) is 4.79 Å². The molecule has 1 aromatic heterocycles. The summed E-state index contributed by atoms with van der Waals surface area (Å²) in [5.41, 5.74) is 0.347. The highest BCUT2D eigenvalue weighted by atomic mass is 32.1. The molecule has 0 aliphatic heterocycles. The first-order valence-electron chi connectivity index (χ1n) is 9.15. The predicted octanol–water partition coefficient (Wildman–Crippen LogP) is 3.68. The molecule has 5 rings (SSSR count). The molecule has 4 aliphatic carbocycles. The van der Waals surface area contributed by atoms with Crippen molar-refractivity contribution >= 4 is 22.4 Å². The topological polar surface area (TPSA) is 77.8 Å². The Morgan fingerprint density at radius 3 is 2.52 bits per heavy atom. The number of nitrogens with zero attached hydrogens (tertiary/aromatic N) is 2. The van der Waals surface area contributed by atoms with E-state index in [1.807, 2.05) is 11.4 Å². The Balaban J connectivity index is 1.43. The lowest BCUT2D eigenvalue weighted by atomic mass is 9.48. The van der Waals surface area contributed by atoms with Crippen molar-refractivity contribution in [2.75, 3.05) is 5.32 Å². The number of carbonyl (C=O) groups is 1. The minimum absolute atomic E-state index is 0.103. The lowest BCUT2D eigenvalue weighted by Gasteiger charge is -2.59. The fourth-order valence-electron chi connectivity index (χ4n) is 5.71. The SMILES string of the molecule is CC(NC(=O)/C(C#N)=C\Nc1nccs1)C12CC3CC(CC(C3)C1)C2. The van der Waals surface area contributed by atoms with Crippen molar-refractivity contribution in [1.29, 1.82) is 5.26 Å². The van der Waals surface area contributed by atoms with Gasteiger partial charge in [-0.2, -0.15) is 5.26 Å². The summed E-state index contributed by atoms with van der Waals surface area (Å²) < 4.78 is 0. The molecule has 2 N–H and O–H groups in total. The molecular formula is C19H24N4OS. The van der Waals surface area contributed by atoms with Crippen molar-refractivity contribution in [3.8, 4) is 6.07 Å². The maximum Gasteiger partial charge on any atom is 0.263 e. The van der Waals surface area contributed by atoms with Crippen molar-refractivity contribution in [3.63, 3.8) is 0 Å². The molecule has 0 aromatic carbocycles. The molecule has 1 amide bonds. The van der Waals surface area contributed by atoms with Gasteiger partial charge in [-0.15, -0.1) is 11.3 Å². The van der Waals surface area contributed by atoms with Crippen LogP contribution in [0.2, 0.25) is 0 Å². The lowest BCUT2D eigenvalue weighted by Crippen LogP contribution is -2.56. The van der Waals surface area contributed by atoms with Gasteiger partial charge in [0.2, 0.25) is 0 Å². The molecular weight excluding hydrogens is 332 g/mol. The molecule has 4 aliphatic rings. The van der Waals surface area contributed by atoms with E-state index in [-0.39, 0.29) is 22.9 Å². The molecule has 0 spiro atoms. The van der Waals surface area contributed by atoms with E-state index in [4.69, 9.17) is 0 Å². The number of hydrogen-bond donors (Lipinski definition) is 2. The summed E-state index contributed by atoms with van der Waals surface area (Å²) in [6.45, 7) is 2.13. The Kier molecular flexibility index (Phi) is 4.28. The number of carbonyl (C=O) groups excluding carboxylic acids is 1. The number of anilines is 1. The van der Waals surface area contributed by atoms with Crippen LogP contribution in [0.4, 0.5) is 5.13 Å². The Bertz CT molecular complexity index is 683.